The molecule has 1 N–H and O–H groups in total. The first kappa shape index (κ1) is 18.9. The number of rotatable bonds is 1. The van der Waals surface area contributed by atoms with Crippen LogP contribution in [0.5, 0.6) is 0 Å². The molecule has 0 aromatic heterocycles. The van der Waals surface area contributed by atoms with E-state index in [-0.39, 0.29) is 11.6 Å². The lowest BCUT2D eigenvalue weighted by Gasteiger charge is -2.57. The Morgan fingerprint density at radius 3 is 2.57 bits per heavy atom. The lowest BCUT2D eigenvalue weighted by molar-refractivity contribution is -0.0268. The molecule has 0 unspecified atom stereocenters. The van der Waals surface area contributed by atoms with Gasteiger partial charge in [0.1, 0.15) is 6.61 Å². The van der Waals surface area contributed by atoms with Crippen LogP contribution in [0.3, 0.4) is 0 Å². The molecule has 3 nitrogen and oxygen atoms in total. The highest BCUT2D eigenvalue weighted by molar-refractivity contribution is 5.90. The molecule has 1 aliphatic heterocycles. The molecule has 0 radical (unpaired) electrons. The van der Waals surface area contributed by atoms with E-state index in [0.29, 0.717) is 17.4 Å². The van der Waals surface area contributed by atoms with Gasteiger partial charge in [0.2, 0.25) is 5.90 Å². The first-order valence-corrected chi connectivity index (χ1v) is 11.5. The molecule has 0 saturated heterocycles. The Balaban J connectivity index is 1.43. The fourth-order valence-corrected chi connectivity index (χ4v) is 7.56. The van der Waals surface area contributed by atoms with Crippen LogP contribution in [0.2, 0.25) is 0 Å². The topological polar surface area (TPSA) is 41.8 Å². The van der Waals surface area contributed by atoms with Gasteiger partial charge >= 0.3 is 0 Å². The second kappa shape index (κ2) is 6.20. The van der Waals surface area contributed by atoms with E-state index in [1.165, 1.54) is 38.5 Å². The lowest BCUT2D eigenvalue weighted by Crippen LogP contribution is -2.49. The van der Waals surface area contributed by atoms with Gasteiger partial charge in [-0.15, -0.1) is 0 Å². The molecule has 154 valence electrons. The van der Waals surface area contributed by atoms with Crippen LogP contribution < -0.4 is 0 Å². The Morgan fingerprint density at radius 2 is 1.82 bits per heavy atom. The fourth-order valence-electron chi connectivity index (χ4n) is 7.56. The predicted octanol–water partition coefficient (Wildman–Crippen LogP) is 5.44. The first-order valence-electron chi connectivity index (χ1n) is 11.5. The number of aliphatic hydroxyl groups excluding tert-OH is 1. The average Bonchev–Trinajstić information content (AvgIpc) is 3.15. The monoisotopic (exact) mass is 383 g/mol. The second-order valence-corrected chi connectivity index (χ2v) is 11.4. The van der Waals surface area contributed by atoms with E-state index in [0.717, 1.165) is 36.5 Å². The van der Waals surface area contributed by atoms with E-state index in [1.807, 2.05) is 0 Å². The minimum Gasteiger partial charge on any atom is -0.475 e. The van der Waals surface area contributed by atoms with Crippen molar-refractivity contribution in [3.63, 3.8) is 0 Å². The zero-order chi connectivity index (χ0) is 19.7. The van der Waals surface area contributed by atoms with E-state index < -0.39 is 0 Å². The molecular weight excluding hydrogens is 346 g/mol. The van der Waals surface area contributed by atoms with Crippen molar-refractivity contribution in [3.05, 3.63) is 23.3 Å². The molecule has 5 rings (SSSR count). The van der Waals surface area contributed by atoms with Crippen LogP contribution in [-0.2, 0) is 4.74 Å². The van der Waals surface area contributed by atoms with Gasteiger partial charge in [0.05, 0.1) is 11.6 Å². The normalized spacial score (nSPS) is 48.2. The van der Waals surface area contributed by atoms with E-state index in [2.05, 4.69) is 39.8 Å². The zero-order valence-electron chi connectivity index (χ0n) is 18.1. The van der Waals surface area contributed by atoms with Crippen LogP contribution >= 0.6 is 0 Å². The number of hydrogen-bond acceptors (Lipinski definition) is 3. The summed E-state index contributed by atoms with van der Waals surface area (Å²) in [6.07, 6.45) is 14.2. The summed E-state index contributed by atoms with van der Waals surface area (Å²) in [5, 5.41) is 10.2. The molecule has 6 atom stereocenters. The number of nitrogens with zero attached hydrogens (tertiary/aromatic N) is 1. The predicted molar refractivity (Wildman–Crippen MR) is 113 cm³/mol. The number of hydrogen-bond donors (Lipinski definition) is 1. The quantitative estimate of drug-likeness (QED) is 0.612. The first-order chi connectivity index (χ1) is 13.2. The summed E-state index contributed by atoms with van der Waals surface area (Å²) in [5.41, 5.74) is 3.73. The molecule has 0 aromatic carbocycles. The maximum atomic E-state index is 10.2. The SMILES string of the molecule is CC1(C)COC(/C=C2\CC[C@H]3[C@@H]4CC=C5C[C@@H](O)CC[C@]5(C)[C@H]4CC[C@]23C)=N1. The van der Waals surface area contributed by atoms with Gasteiger partial charge in [-0.3, -0.25) is 0 Å². The van der Waals surface area contributed by atoms with E-state index in [4.69, 9.17) is 9.73 Å². The number of ether oxygens (including phenoxy) is 1. The van der Waals surface area contributed by atoms with Gasteiger partial charge in [0.15, 0.2) is 0 Å². The average molecular weight is 384 g/mol. The largest absolute Gasteiger partial charge is 0.475 e. The number of aliphatic hydroxyl groups is 1. The Labute approximate surface area is 170 Å². The summed E-state index contributed by atoms with van der Waals surface area (Å²) < 4.78 is 5.90. The van der Waals surface area contributed by atoms with E-state index >= 15 is 0 Å². The van der Waals surface area contributed by atoms with Crippen LogP contribution in [0.1, 0.15) is 79.1 Å². The summed E-state index contributed by atoms with van der Waals surface area (Å²) in [5.74, 6) is 3.25. The number of fused-ring (bicyclic) bond motifs is 5. The van der Waals surface area contributed by atoms with Gasteiger partial charge in [-0.25, -0.2) is 4.99 Å². The molecule has 3 heteroatoms. The van der Waals surface area contributed by atoms with Crippen molar-refractivity contribution in [3.8, 4) is 0 Å². The summed E-state index contributed by atoms with van der Waals surface area (Å²) in [6, 6.07) is 0. The van der Waals surface area contributed by atoms with Crippen LogP contribution in [-0.4, -0.2) is 29.3 Å². The van der Waals surface area contributed by atoms with Crippen molar-refractivity contribution in [2.45, 2.75) is 90.7 Å². The number of aliphatic imine (C=N–C) groups is 1. The van der Waals surface area contributed by atoms with Gasteiger partial charge in [-0.2, -0.15) is 0 Å². The second-order valence-electron chi connectivity index (χ2n) is 11.4. The molecule has 0 bridgehead atoms. The highest BCUT2D eigenvalue weighted by Crippen LogP contribution is 2.66. The smallest absolute Gasteiger partial charge is 0.209 e. The third-order valence-electron chi connectivity index (χ3n) is 9.21. The van der Waals surface area contributed by atoms with Crippen LogP contribution in [0.15, 0.2) is 28.3 Å². The van der Waals surface area contributed by atoms with Crippen LogP contribution in [0.25, 0.3) is 0 Å². The molecule has 1 heterocycles. The van der Waals surface area contributed by atoms with Crippen molar-refractivity contribution in [2.24, 2.45) is 33.6 Å². The standard InChI is InChI=1S/C25H37NO2/c1-23(2)15-28-22(26-23)14-17-6-8-20-19-7-5-16-13-18(27)9-11-24(16,3)21(19)10-12-25(17,20)4/h5,14,18-21,27H,6-13,15H2,1-4H3/b17-14+/t18-,19-,20-,21-,24-,25+/m0/s1. The Morgan fingerprint density at radius 1 is 1.07 bits per heavy atom. The molecule has 0 aromatic rings. The van der Waals surface area contributed by atoms with E-state index in [1.54, 1.807) is 11.1 Å². The molecular formula is C25H37NO2. The summed E-state index contributed by atoms with van der Waals surface area (Å²) >= 11 is 0. The Hall–Kier alpha value is -1.09. The molecule has 3 fully saturated rings. The maximum Gasteiger partial charge on any atom is 0.209 e. The number of allylic oxidation sites excluding steroid dienone is 2. The fraction of sp³-hybridized carbons (Fsp3) is 0.800. The van der Waals surface area contributed by atoms with Gasteiger partial charge in [-0.1, -0.05) is 31.1 Å². The van der Waals surface area contributed by atoms with Gasteiger partial charge < -0.3 is 9.84 Å². The van der Waals surface area contributed by atoms with Gasteiger partial charge in [0, 0.05) is 0 Å². The molecule has 3 saturated carbocycles. The van der Waals surface area contributed by atoms with Crippen LogP contribution in [0.4, 0.5) is 0 Å². The lowest BCUT2D eigenvalue weighted by atomic mass is 9.48. The Bertz CT molecular complexity index is 763. The van der Waals surface area contributed by atoms with Crippen LogP contribution in [0, 0.1) is 28.6 Å². The molecule has 28 heavy (non-hydrogen) atoms. The third-order valence-corrected chi connectivity index (χ3v) is 9.21. The zero-order valence-corrected chi connectivity index (χ0v) is 18.1. The molecule has 0 spiro atoms. The maximum absolute atomic E-state index is 10.2. The summed E-state index contributed by atoms with van der Waals surface area (Å²) in [7, 11) is 0. The van der Waals surface area contributed by atoms with Crippen molar-refractivity contribution in [1.29, 1.82) is 0 Å². The summed E-state index contributed by atoms with van der Waals surface area (Å²) in [6.45, 7) is 10.0. The molecule has 0 amide bonds. The minimum atomic E-state index is -0.109. The molecule has 5 aliphatic rings. The Kier molecular flexibility index (Phi) is 4.19. The van der Waals surface area contributed by atoms with E-state index in [9.17, 15) is 5.11 Å². The van der Waals surface area contributed by atoms with Crippen molar-refractivity contribution in [2.75, 3.05) is 6.61 Å². The van der Waals surface area contributed by atoms with Gasteiger partial charge in [0.25, 0.3) is 0 Å². The summed E-state index contributed by atoms with van der Waals surface area (Å²) in [4.78, 5) is 4.79. The van der Waals surface area contributed by atoms with Crippen molar-refractivity contribution < 1.29 is 9.84 Å². The highest BCUT2D eigenvalue weighted by atomic mass is 16.5. The minimum absolute atomic E-state index is 0.0757. The third kappa shape index (κ3) is 2.75. The molecule has 4 aliphatic carbocycles. The highest BCUT2D eigenvalue weighted by Gasteiger charge is 2.57. The van der Waals surface area contributed by atoms with Crippen molar-refractivity contribution >= 4 is 5.90 Å². The van der Waals surface area contributed by atoms with Crippen molar-refractivity contribution in [1.82, 2.24) is 0 Å². The van der Waals surface area contributed by atoms with Gasteiger partial charge in [-0.05, 0) is 99.9 Å².